The van der Waals surface area contributed by atoms with E-state index in [1.54, 1.807) is 6.20 Å². The molecule has 0 aliphatic heterocycles. The molecule has 0 spiro atoms. The number of hydrogen-bond acceptors (Lipinski definition) is 4. The highest BCUT2D eigenvalue weighted by Crippen LogP contribution is 2.12. The number of carboxylic acids is 1. The van der Waals surface area contributed by atoms with Gasteiger partial charge in [0, 0.05) is 31.7 Å². The number of pyridine rings is 1. The lowest BCUT2D eigenvalue weighted by molar-refractivity contribution is 0.0698. The number of carboxylic acid groups (broad SMARTS) is 1. The Kier molecular flexibility index (Phi) is 3.90. The molecule has 2 aromatic rings. The first kappa shape index (κ1) is 12.1. The molecule has 18 heavy (non-hydrogen) atoms. The van der Waals surface area contributed by atoms with Gasteiger partial charge >= 0.3 is 5.97 Å². The Morgan fingerprint density at radius 3 is 3.06 bits per heavy atom. The number of rotatable bonds is 6. The van der Waals surface area contributed by atoms with Crippen molar-refractivity contribution >= 4 is 11.7 Å². The lowest BCUT2D eigenvalue weighted by Crippen LogP contribution is -2.10. The van der Waals surface area contributed by atoms with Crippen LogP contribution in [0.4, 0.5) is 5.69 Å². The van der Waals surface area contributed by atoms with E-state index in [1.807, 2.05) is 16.9 Å². The van der Waals surface area contributed by atoms with Crippen molar-refractivity contribution in [3.8, 4) is 0 Å². The number of aromatic carboxylic acids is 1. The van der Waals surface area contributed by atoms with Crippen LogP contribution in [-0.2, 0) is 6.54 Å². The second kappa shape index (κ2) is 5.81. The van der Waals surface area contributed by atoms with E-state index in [-0.39, 0.29) is 5.56 Å². The highest BCUT2D eigenvalue weighted by molar-refractivity contribution is 5.93. The van der Waals surface area contributed by atoms with Crippen LogP contribution in [0.3, 0.4) is 0 Å². The van der Waals surface area contributed by atoms with Gasteiger partial charge in [0.05, 0.1) is 17.4 Å². The minimum absolute atomic E-state index is 0.240. The van der Waals surface area contributed by atoms with Crippen molar-refractivity contribution in [3.63, 3.8) is 0 Å². The molecule has 0 fully saturated rings. The van der Waals surface area contributed by atoms with E-state index in [1.165, 1.54) is 18.5 Å². The zero-order valence-electron chi connectivity index (χ0n) is 9.78. The standard InChI is InChI=1S/C12H14N4O2/c17-12(18)10-3-6-13-9-11(10)14-4-1-7-16-8-2-5-15-16/h2-3,5-6,8-9,14H,1,4,7H2,(H,17,18). The number of carbonyl (C=O) groups is 1. The van der Waals surface area contributed by atoms with Crippen molar-refractivity contribution in [1.29, 1.82) is 0 Å². The molecule has 0 aliphatic carbocycles. The Bertz CT molecular complexity index is 511. The van der Waals surface area contributed by atoms with Gasteiger partial charge in [-0.2, -0.15) is 5.10 Å². The van der Waals surface area contributed by atoms with Crippen LogP contribution in [0.1, 0.15) is 16.8 Å². The molecule has 2 aromatic heterocycles. The lowest BCUT2D eigenvalue weighted by Gasteiger charge is -2.08. The van der Waals surface area contributed by atoms with E-state index in [0.29, 0.717) is 12.2 Å². The Labute approximate surface area is 104 Å². The minimum Gasteiger partial charge on any atom is -0.478 e. The van der Waals surface area contributed by atoms with Gasteiger partial charge in [-0.15, -0.1) is 0 Å². The van der Waals surface area contributed by atoms with Gasteiger partial charge in [-0.1, -0.05) is 0 Å². The van der Waals surface area contributed by atoms with Gasteiger partial charge in [-0.05, 0) is 18.6 Å². The molecule has 0 atom stereocenters. The van der Waals surface area contributed by atoms with Gasteiger partial charge in [0.1, 0.15) is 0 Å². The predicted molar refractivity (Wildman–Crippen MR) is 66.5 cm³/mol. The largest absolute Gasteiger partial charge is 0.478 e. The maximum Gasteiger partial charge on any atom is 0.337 e. The van der Waals surface area contributed by atoms with Gasteiger partial charge in [-0.25, -0.2) is 4.79 Å². The van der Waals surface area contributed by atoms with Crippen LogP contribution in [0, 0.1) is 0 Å². The molecule has 0 aliphatic rings. The Balaban J connectivity index is 1.85. The number of aryl methyl sites for hydroxylation is 1. The van der Waals surface area contributed by atoms with Crippen molar-refractivity contribution in [1.82, 2.24) is 14.8 Å². The third kappa shape index (κ3) is 3.07. The average Bonchev–Trinajstić information content (AvgIpc) is 2.88. The molecule has 0 radical (unpaired) electrons. The zero-order chi connectivity index (χ0) is 12.8. The molecular weight excluding hydrogens is 232 g/mol. The SMILES string of the molecule is O=C(O)c1ccncc1NCCCn1cccn1. The summed E-state index contributed by atoms with van der Waals surface area (Å²) in [5, 5.41) is 16.2. The van der Waals surface area contributed by atoms with Gasteiger partial charge in [0.2, 0.25) is 0 Å². The molecule has 0 saturated carbocycles. The highest BCUT2D eigenvalue weighted by Gasteiger charge is 2.08. The van der Waals surface area contributed by atoms with Crippen LogP contribution in [0.25, 0.3) is 0 Å². The third-order valence-electron chi connectivity index (χ3n) is 2.49. The fourth-order valence-corrected chi connectivity index (χ4v) is 1.62. The number of nitrogens with zero attached hydrogens (tertiary/aromatic N) is 3. The van der Waals surface area contributed by atoms with Crippen LogP contribution < -0.4 is 5.32 Å². The fourth-order valence-electron chi connectivity index (χ4n) is 1.62. The van der Waals surface area contributed by atoms with E-state index in [0.717, 1.165) is 13.0 Å². The summed E-state index contributed by atoms with van der Waals surface area (Å²) in [4.78, 5) is 14.9. The third-order valence-corrected chi connectivity index (χ3v) is 2.49. The summed E-state index contributed by atoms with van der Waals surface area (Å²) in [7, 11) is 0. The van der Waals surface area contributed by atoms with Crippen molar-refractivity contribution < 1.29 is 9.90 Å². The molecular formula is C12H14N4O2. The summed E-state index contributed by atoms with van der Waals surface area (Å²) in [6, 6.07) is 3.36. The maximum atomic E-state index is 11.0. The summed E-state index contributed by atoms with van der Waals surface area (Å²) in [6.07, 6.45) is 7.48. The normalized spacial score (nSPS) is 10.2. The van der Waals surface area contributed by atoms with Crippen LogP contribution in [0.2, 0.25) is 0 Å². The van der Waals surface area contributed by atoms with Crippen LogP contribution in [0.15, 0.2) is 36.9 Å². The van der Waals surface area contributed by atoms with E-state index in [4.69, 9.17) is 5.11 Å². The molecule has 6 heteroatoms. The lowest BCUT2D eigenvalue weighted by atomic mass is 10.2. The highest BCUT2D eigenvalue weighted by atomic mass is 16.4. The van der Waals surface area contributed by atoms with Crippen LogP contribution in [0.5, 0.6) is 0 Å². The molecule has 0 saturated heterocycles. The van der Waals surface area contributed by atoms with E-state index in [9.17, 15) is 4.79 Å². The van der Waals surface area contributed by atoms with Gasteiger partial charge in [0.25, 0.3) is 0 Å². The molecule has 0 bridgehead atoms. The first-order valence-corrected chi connectivity index (χ1v) is 5.66. The monoisotopic (exact) mass is 246 g/mol. The minimum atomic E-state index is -0.952. The van der Waals surface area contributed by atoms with E-state index >= 15 is 0 Å². The summed E-state index contributed by atoms with van der Waals surface area (Å²) in [6.45, 7) is 1.47. The van der Waals surface area contributed by atoms with Gasteiger partial charge in [0.15, 0.2) is 0 Å². The molecule has 2 N–H and O–H groups in total. The summed E-state index contributed by atoms with van der Waals surface area (Å²) < 4.78 is 1.84. The first-order chi connectivity index (χ1) is 8.77. The Morgan fingerprint density at radius 2 is 2.33 bits per heavy atom. The average molecular weight is 246 g/mol. The van der Waals surface area contributed by atoms with Crippen LogP contribution >= 0.6 is 0 Å². The van der Waals surface area contributed by atoms with E-state index < -0.39 is 5.97 Å². The van der Waals surface area contributed by atoms with Gasteiger partial charge < -0.3 is 10.4 Å². The molecule has 0 aromatic carbocycles. The summed E-state index contributed by atoms with van der Waals surface area (Å²) >= 11 is 0. The quantitative estimate of drug-likeness (QED) is 0.754. The molecule has 0 amide bonds. The van der Waals surface area contributed by atoms with Crippen molar-refractivity contribution in [2.75, 3.05) is 11.9 Å². The van der Waals surface area contributed by atoms with Crippen LogP contribution in [-0.4, -0.2) is 32.4 Å². The molecule has 94 valence electrons. The Hall–Kier alpha value is -2.37. The molecule has 2 heterocycles. The predicted octanol–water partition coefficient (Wildman–Crippen LogP) is 1.48. The zero-order valence-corrected chi connectivity index (χ0v) is 9.78. The molecule has 6 nitrogen and oxygen atoms in total. The topological polar surface area (TPSA) is 80.0 Å². The Morgan fingerprint density at radius 1 is 1.44 bits per heavy atom. The van der Waals surface area contributed by atoms with Crippen molar-refractivity contribution in [2.24, 2.45) is 0 Å². The van der Waals surface area contributed by atoms with Crippen molar-refractivity contribution in [3.05, 3.63) is 42.5 Å². The number of nitrogens with one attached hydrogen (secondary N) is 1. The molecule has 2 rings (SSSR count). The van der Waals surface area contributed by atoms with E-state index in [2.05, 4.69) is 15.4 Å². The van der Waals surface area contributed by atoms with Crippen molar-refractivity contribution in [2.45, 2.75) is 13.0 Å². The summed E-state index contributed by atoms with van der Waals surface area (Å²) in [5.74, 6) is -0.952. The second-order valence-electron chi connectivity index (χ2n) is 3.78. The summed E-state index contributed by atoms with van der Waals surface area (Å²) in [5.41, 5.74) is 0.787. The molecule has 0 unspecified atom stereocenters. The number of aromatic nitrogens is 3. The smallest absolute Gasteiger partial charge is 0.337 e. The maximum absolute atomic E-state index is 11.0. The number of hydrogen-bond donors (Lipinski definition) is 2. The number of anilines is 1. The second-order valence-corrected chi connectivity index (χ2v) is 3.78. The van der Waals surface area contributed by atoms with Gasteiger partial charge in [-0.3, -0.25) is 9.67 Å². The first-order valence-electron chi connectivity index (χ1n) is 5.66. The fraction of sp³-hybridized carbons (Fsp3) is 0.250.